The smallest absolute Gasteiger partial charge is 0.309 e. The zero-order valence-corrected chi connectivity index (χ0v) is 14.5. The van der Waals surface area contributed by atoms with E-state index in [-0.39, 0.29) is 18.4 Å². The molecule has 0 aromatic carbocycles. The number of nitrogens with zero attached hydrogens (tertiary/aromatic N) is 1. The Labute approximate surface area is 131 Å². The summed E-state index contributed by atoms with van der Waals surface area (Å²) in [5.41, 5.74) is 0.898. The molecule has 0 spiro atoms. The fourth-order valence-electron chi connectivity index (χ4n) is 2.21. The number of carbonyl (C=O) groups is 1. The first-order chi connectivity index (χ1) is 9.36. The van der Waals surface area contributed by atoms with E-state index in [9.17, 15) is 13.2 Å². The number of thiophene rings is 1. The van der Waals surface area contributed by atoms with Crippen molar-refractivity contribution in [1.29, 1.82) is 0 Å². The number of aryl methyl sites for hydroxylation is 1. The van der Waals surface area contributed by atoms with Crippen molar-refractivity contribution in [3.05, 3.63) is 15.4 Å². The Hall–Kier alpha value is -0.440. The van der Waals surface area contributed by atoms with Crippen LogP contribution in [0.15, 0.2) is 14.1 Å². The summed E-state index contributed by atoms with van der Waals surface area (Å²) in [4.78, 5) is 11.6. The molecule has 112 valence electrons. The van der Waals surface area contributed by atoms with Crippen LogP contribution in [0.1, 0.15) is 18.4 Å². The van der Waals surface area contributed by atoms with Gasteiger partial charge in [-0.2, -0.15) is 4.31 Å². The summed E-state index contributed by atoms with van der Waals surface area (Å²) >= 11 is 4.54. The normalized spacial score (nSPS) is 20.9. The third-order valence-electron chi connectivity index (χ3n) is 3.35. The molecule has 20 heavy (non-hydrogen) atoms. The predicted molar refractivity (Wildman–Crippen MR) is 80.3 cm³/mol. The zero-order valence-electron chi connectivity index (χ0n) is 11.3. The molecule has 1 aliphatic heterocycles. The van der Waals surface area contributed by atoms with Gasteiger partial charge in [-0.15, -0.1) is 11.3 Å². The molecule has 1 saturated heterocycles. The van der Waals surface area contributed by atoms with E-state index in [0.29, 0.717) is 23.6 Å². The van der Waals surface area contributed by atoms with Crippen LogP contribution in [0.2, 0.25) is 0 Å². The molecule has 0 N–H and O–H groups in total. The molecule has 1 aromatic heterocycles. The minimum absolute atomic E-state index is 0.198. The SMILES string of the molecule is COC(=O)C1CCCN(S(=O)(=O)c2cc(C)c(Br)s2)C1. The molecule has 1 atom stereocenters. The number of esters is 1. The molecule has 1 unspecified atom stereocenters. The molecule has 0 aliphatic carbocycles. The lowest BCUT2D eigenvalue weighted by Gasteiger charge is -2.29. The maximum Gasteiger partial charge on any atom is 0.309 e. The van der Waals surface area contributed by atoms with Gasteiger partial charge in [-0.05, 0) is 47.3 Å². The van der Waals surface area contributed by atoms with Crippen molar-refractivity contribution >= 4 is 43.3 Å². The molecule has 5 nitrogen and oxygen atoms in total. The Morgan fingerprint density at radius 1 is 1.55 bits per heavy atom. The molecule has 2 heterocycles. The second-order valence-electron chi connectivity index (χ2n) is 4.75. The third-order valence-corrected chi connectivity index (χ3v) is 7.80. The van der Waals surface area contributed by atoms with Gasteiger partial charge in [0.15, 0.2) is 0 Å². The highest BCUT2D eigenvalue weighted by Gasteiger charge is 2.34. The number of hydrogen-bond donors (Lipinski definition) is 0. The lowest BCUT2D eigenvalue weighted by Crippen LogP contribution is -2.42. The van der Waals surface area contributed by atoms with Gasteiger partial charge in [0, 0.05) is 13.1 Å². The Balaban J connectivity index is 2.23. The largest absolute Gasteiger partial charge is 0.469 e. The van der Waals surface area contributed by atoms with Gasteiger partial charge in [-0.25, -0.2) is 8.42 Å². The summed E-state index contributed by atoms with van der Waals surface area (Å²) in [6, 6.07) is 1.66. The van der Waals surface area contributed by atoms with Crippen LogP contribution in [0, 0.1) is 12.8 Å². The minimum Gasteiger partial charge on any atom is -0.469 e. The van der Waals surface area contributed by atoms with Crippen molar-refractivity contribution in [2.75, 3.05) is 20.2 Å². The number of hydrogen-bond acceptors (Lipinski definition) is 5. The molecule has 0 bridgehead atoms. The Kier molecular flexibility index (Phi) is 4.88. The van der Waals surface area contributed by atoms with E-state index in [2.05, 4.69) is 15.9 Å². The van der Waals surface area contributed by atoms with E-state index < -0.39 is 10.0 Å². The number of rotatable bonds is 3. The van der Waals surface area contributed by atoms with Crippen molar-refractivity contribution in [1.82, 2.24) is 4.31 Å². The van der Waals surface area contributed by atoms with Gasteiger partial charge >= 0.3 is 5.97 Å². The Morgan fingerprint density at radius 2 is 2.25 bits per heavy atom. The van der Waals surface area contributed by atoms with E-state index >= 15 is 0 Å². The fourth-order valence-corrected chi connectivity index (χ4v) is 6.11. The van der Waals surface area contributed by atoms with Crippen molar-refractivity contribution in [3.8, 4) is 0 Å². The molecule has 1 fully saturated rings. The van der Waals surface area contributed by atoms with E-state index in [4.69, 9.17) is 4.74 Å². The monoisotopic (exact) mass is 381 g/mol. The van der Waals surface area contributed by atoms with Crippen molar-refractivity contribution in [2.45, 2.75) is 24.0 Å². The van der Waals surface area contributed by atoms with Crippen LogP contribution in [0.3, 0.4) is 0 Å². The van der Waals surface area contributed by atoms with Crippen LogP contribution < -0.4 is 0 Å². The first kappa shape index (κ1) is 15.9. The lowest BCUT2D eigenvalue weighted by atomic mass is 10.0. The highest BCUT2D eigenvalue weighted by atomic mass is 79.9. The van der Waals surface area contributed by atoms with Crippen LogP contribution in [0.25, 0.3) is 0 Å². The molecule has 1 aliphatic rings. The average Bonchev–Trinajstić information content (AvgIpc) is 2.78. The average molecular weight is 382 g/mol. The molecule has 2 rings (SSSR count). The van der Waals surface area contributed by atoms with Crippen molar-refractivity contribution in [3.63, 3.8) is 0 Å². The molecule has 0 amide bonds. The second-order valence-corrected chi connectivity index (χ2v) is 9.28. The van der Waals surface area contributed by atoms with Crippen LogP contribution in [-0.2, 0) is 19.6 Å². The number of halogens is 1. The lowest BCUT2D eigenvalue weighted by molar-refractivity contribution is -0.146. The van der Waals surface area contributed by atoms with Gasteiger partial charge in [-0.1, -0.05) is 0 Å². The first-order valence-electron chi connectivity index (χ1n) is 6.20. The van der Waals surface area contributed by atoms with Crippen LogP contribution in [0.5, 0.6) is 0 Å². The minimum atomic E-state index is -3.52. The molecule has 1 aromatic rings. The zero-order chi connectivity index (χ0) is 14.9. The molecular formula is C12H16BrNO4S2. The maximum absolute atomic E-state index is 12.6. The summed E-state index contributed by atoms with van der Waals surface area (Å²) in [5.74, 6) is -0.707. The van der Waals surface area contributed by atoms with Gasteiger partial charge in [0.05, 0.1) is 16.8 Å². The number of ether oxygens (including phenoxy) is 1. The molecule has 0 radical (unpaired) electrons. The van der Waals surface area contributed by atoms with Gasteiger partial charge in [0.1, 0.15) is 4.21 Å². The maximum atomic E-state index is 12.6. The van der Waals surface area contributed by atoms with E-state index in [1.807, 2.05) is 6.92 Å². The topological polar surface area (TPSA) is 63.7 Å². The highest BCUT2D eigenvalue weighted by molar-refractivity contribution is 9.11. The number of sulfonamides is 1. The van der Waals surface area contributed by atoms with Gasteiger partial charge in [-0.3, -0.25) is 4.79 Å². The van der Waals surface area contributed by atoms with Crippen molar-refractivity contribution in [2.24, 2.45) is 5.92 Å². The summed E-state index contributed by atoms with van der Waals surface area (Å²) in [6.07, 6.45) is 1.34. The number of methoxy groups -OCH3 is 1. The molecule has 8 heteroatoms. The van der Waals surface area contributed by atoms with Gasteiger partial charge < -0.3 is 4.74 Å². The number of carbonyl (C=O) groups excluding carboxylic acids is 1. The predicted octanol–water partition coefficient (Wildman–Crippen LogP) is 2.39. The van der Waals surface area contributed by atoms with Gasteiger partial charge in [0.25, 0.3) is 10.0 Å². The molecule has 0 saturated carbocycles. The summed E-state index contributed by atoms with van der Waals surface area (Å²) < 4.78 is 32.4. The van der Waals surface area contributed by atoms with E-state index in [1.165, 1.54) is 22.8 Å². The standard InChI is InChI=1S/C12H16BrNO4S2/c1-8-6-10(19-11(8)13)20(16,17)14-5-3-4-9(7-14)12(15)18-2/h6,9H,3-5,7H2,1-2H3. The molecular weight excluding hydrogens is 366 g/mol. The summed E-state index contributed by atoms with van der Waals surface area (Å²) in [7, 11) is -2.20. The van der Waals surface area contributed by atoms with E-state index in [1.54, 1.807) is 6.07 Å². The summed E-state index contributed by atoms with van der Waals surface area (Å²) in [6.45, 7) is 2.50. The quantitative estimate of drug-likeness (QED) is 0.754. The van der Waals surface area contributed by atoms with Crippen LogP contribution in [-0.4, -0.2) is 38.9 Å². The van der Waals surface area contributed by atoms with Crippen LogP contribution >= 0.6 is 27.3 Å². The third kappa shape index (κ3) is 3.08. The highest BCUT2D eigenvalue weighted by Crippen LogP contribution is 2.33. The number of piperidine rings is 1. The van der Waals surface area contributed by atoms with Gasteiger partial charge in [0.2, 0.25) is 0 Å². The summed E-state index contributed by atoms with van der Waals surface area (Å²) in [5, 5.41) is 0. The van der Waals surface area contributed by atoms with E-state index in [0.717, 1.165) is 9.35 Å². The second kappa shape index (κ2) is 6.13. The van der Waals surface area contributed by atoms with Crippen molar-refractivity contribution < 1.29 is 17.9 Å². The van der Waals surface area contributed by atoms with Crippen LogP contribution in [0.4, 0.5) is 0 Å². The Bertz CT molecular complexity index is 591. The fraction of sp³-hybridized carbons (Fsp3) is 0.583. The first-order valence-corrected chi connectivity index (χ1v) is 9.25. The Morgan fingerprint density at radius 3 is 2.80 bits per heavy atom.